The van der Waals surface area contributed by atoms with Gasteiger partial charge in [0, 0.05) is 12.0 Å². The smallest absolute Gasteiger partial charge is 0.416 e. The van der Waals surface area contributed by atoms with Crippen LogP contribution in [0, 0.1) is 20.8 Å². The van der Waals surface area contributed by atoms with Gasteiger partial charge < -0.3 is 4.74 Å². The molecule has 2 aromatic carbocycles. The van der Waals surface area contributed by atoms with E-state index in [0.29, 0.717) is 23.3 Å². The Morgan fingerprint density at radius 2 is 1.77 bits per heavy atom. The summed E-state index contributed by atoms with van der Waals surface area (Å²) in [5, 5.41) is 0. The molecule has 1 aliphatic heterocycles. The molecule has 22 heavy (non-hydrogen) atoms. The topological polar surface area (TPSA) is 9.23 Å². The van der Waals surface area contributed by atoms with Crippen molar-refractivity contribution in [2.24, 2.45) is 0 Å². The number of ether oxygens (including phenoxy) is 1. The lowest BCUT2D eigenvalue weighted by molar-refractivity contribution is -0.137. The Labute approximate surface area is 127 Å². The van der Waals surface area contributed by atoms with Crippen LogP contribution in [0.25, 0.3) is 11.1 Å². The van der Waals surface area contributed by atoms with E-state index in [4.69, 9.17) is 4.74 Å². The number of benzene rings is 2. The molecule has 0 saturated heterocycles. The highest BCUT2D eigenvalue weighted by Gasteiger charge is 2.35. The summed E-state index contributed by atoms with van der Waals surface area (Å²) in [6.07, 6.45) is -4.32. The predicted octanol–water partition coefficient (Wildman–Crippen LogP) is 5.13. The van der Waals surface area contributed by atoms with Crippen molar-refractivity contribution < 1.29 is 17.9 Å². The van der Waals surface area contributed by atoms with Crippen LogP contribution in [-0.2, 0) is 12.6 Å². The lowest BCUT2D eigenvalue weighted by Gasteiger charge is -2.17. The van der Waals surface area contributed by atoms with Crippen LogP contribution in [0.4, 0.5) is 13.2 Å². The van der Waals surface area contributed by atoms with Crippen LogP contribution >= 0.6 is 0 Å². The van der Waals surface area contributed by atoms with E-state index in [9.17, 15) is 13.2 Å². The summed E-state index contributed by atoms with van der Waals surface area (Å²) < 4.78 is 45.3. The van der Waals surface area contributed by atoms with Gasteiger partial charge in [0.2, 0.25) is 0 Å². The van der Waals surface area contributed by atoms with Crippen LogP contribution < -0.4 is 4.74 Å². The number of hydrogen-bond acceptors (Lipinski definition) is 1. The molecule has 0 spiro atoms. The van der Waals surface area contributed by atoms with Gasteiger partial charge in [-0.1, -0.05) is 18.2 Å². The molecule has 1 atom stereocenters. The molecule has 0 saturated carbocycles. The van der Waals surface area contributed by atoms with E-state index in [1.54, 1.807) is 0 Å². The molecular weight excluding hydrogens is 289 g/mol. The highest BCUT2D eigenvalue weighted by Crippen LogP contribution is 2.45. The number of alkyl halides is 3. The number of fused-ring (bicyclic) bond motifs is 1. The third kappa shape index (κ3) is 2.47. The lowest BCUT2D eigenvalue weighted by atomic mass is 9.91. The van der Waals surface area contributed by atoms with Gasteiger partial charge in [0.1, 0.15) is 11.9 Å². The number of hydrogen-bond donors (Lipinski definition) is 0. The van der Waals surface area contributed by atoms with E-state index in [1.807, 2.05) is 32.0 Å². The average Bonchev–Trinajstić information content (AvgIpc) is 2.77. The van der Waals surface area contributed by atoms with E-state index >= 15 is 0 Å². The van der Waals surface area contributed by atoms with Gasteiger partial charge in [-0.25, -0.2) is 0 Å². The van der Waals surface area contributed by atoms with Crippen molar-refractivity contribution in [1.82, 2.24) is 0 Å². The molecule has 2 aromatic rings. The van der Waals surface area contributed by atoms with E-state index in [0.717, 1.165) is 16.7 Å². The second-order valence-electron chi connectivity index (χ2n) is 5.72. The summed E-state index contributed by atoms with van der Waals surface area (Å²) in [5.74, 6) is 0.533. The SMILES string of the molecule is [CH2]C1Cc2cc(C(F)(F)F)cc(-c3c(C)cccc3C)c2O1. The molecular formula is C18H16F3O. The Bertz CT molecular complexity index is 712. The van der Waals surface area contributed by atoms with Gasteiger partial charge in [-0.3, -0.25) is 0 Å². The Kier molecular flexibility index (Phi) is 3.42. The van der Waals surface area contributed by atoms with Crippen molar-refractivity contribution in [3.8, 4) is 16.9 Å². The first-order valence-electron chi connectivity index (χ1n) is 7.08. The molecule has 3 rings (SSSR count). The Balaban J connectivity index is 2.30. The van der Waals surface area contributed by atoms with Crippen LogP contribution in [0.2, 0.25) is 0 Å². The molecule has 115 valence electrons. The molecule has 1 unspecified atom stereocenters. The van der Waals surface area contributed by atoms with Crippen LogP contribution in [0.1, 0.15) is 22.3 Å². The van der Waals surface area contributed by atoms with E-state index in [1.165, 1.54) is 12.1 Å². The zero-order valence-electron chi connectivity index (χ0n) is 12.4. The summed E-state index contributed by atoms with van der Waals surface area (Å²) in [6, 6.07) is 8.05. The summed E-state index contributed by atoms with van der Waals surface area (Å²) in [4.78, 5) is 0. The maximum Gasteiger partial charge on any atom is 0.416 e. The fourth-order valence-corrected chi connectivity index (χ4v) is 3.02. The molecule has 0 bridgehead atoms. The van der Waals surface area contributed by atoms with Crippen molar-refractivity contribution >= 4 is 0 Å². The van der Waals surface area contributed by atoms with Crippen LogP contribution in [0.3, 0.4) is 0 Å². The molecule has 0 aromatic heterocycles. The number of aryl methyl sites for hydroxylation is 2. The number of rotatable bonds is 1. The van der Waals surface area contributed by atoms with Gasteiger partial charge in [0.05, 0.1) is 5.56 Å². The maximum absolute atomic E-state index is 13.2. The van der Waals surface area contributed by atoms with Crippen molar-refractivity contribution in [2.75, 3.05) is 0 Å². The van der Waals surface area contributed by atoms with Crippen LogP contribution in [-0.4, -0.2) is 6.10 Å². The van der Waals surface area contributed by atoms with Gasteiger partial charge in [-0.15, -0.1) is 0 Å². The van der Waals surface area contributed by atoms with Crippen molar-refractivity contribution in [3.05, 3.63) is 59.5 Å². The summed E-state index contributed by atoms with van der Waals surface area (Å²) in [6.45, 7) is 7.61. The summed E-state index contributed by atoms with van der Waals surface area (Å²) in [5.41, 5.74) is 3.11. The third-order valence-electron chi connectivity index (χ3n) is 3.98. The van der Waals surface area contributed by atoms with Crippen LogP contribution in [0.15, 0.2) is 30.3 Å². The minimum atomic E-state index is -4.38. The van der Waals surface area contributed by atoms with E-state index < -0.39 is 11.7 Å². The first kappa shape index (κ1) is 14.9. The molecule has 1 radical (unpaired) electrons. The van der Waals surface area contributed by atoms with Gasteiger partial charge >= 0.3 is 6.18 Å². The second kappa shape index (κ2) is 5.04. The molecule has 1 heterocycles. The monoisotopic (exact) mass is 305 g/mol. The maximum atomic E-state index is 13.2. The van der Waals surface area contributed by atoms with Gasteiger partial charge in [0.15, 0.2) is 0 Å². The minimum Gasteiger partial charge on any atom is -0.489 e. The molecule has 1 nitrogen and oxygen atoms in total. The van der Waals surface area contributed by atoms with Crippen LogP contribution in [0.5, 0.6) is 5.75 Å². The normalized spacial score (nSPS) is 17.3. The van der Waals surface area contributed by atoms with Gasteiger partial charge in [-0.2, -0.15) is 13.2 Å². The summed E-state index contributed by atoms with van der Waals surface area (Å²) >= 11 is 0. The van der Waals surface area contributed by atoms with Crippen molar-refractivity contribution in [1.29, 1.82) is 0 Å². The second-order valence-corrected chi connectivity index (χ2v) is 5.72. The lowest BCUT2D eigenvalue weighted by Crippen LogP contribution is -2.06. The first-order chi connectivity index (χ1) is 10.3. The highest BCUT2D eigenvalue weighted by molar-refractivity contribution is 5.79. The molecule has 4 heteroatoms. The van der Waals surface area contributed by atoms with Crippen molar-refractivity contribution in [2.45, 2.75) is 32.5 Å². The minimum absolute atomic E-state index is 0.346. The third-order valence-corrected chi connectivity index (χ3v) is 3.98. The molecule has 0 amide bonds. The quantitative estimate of drug-likeness (QED) is 0.710. The fourth-order valence-electron chi connectivity index (χ4n) is 3.02. The summed E-state index contributed by atoms with van der Waals surface area (Å²) in [7, 11) is 0. The first-order valence-corrected chi connectivity index (χ1v) is 7.08. The molecule has 0 N–H and O–H groups in total. The number of halogens is 3. The standard InChI is InChI=1S/C18H16F3O/c1-10-5-4-6-11(2)16(10)15-9-14(18(19,20)21)8-13-7-12(3)22-17(13)15/h4-6,8-9,12H,3,7H2,1-2H3. The van der Waals surface area contributed by atoms with Gasteiger partial charge in [0.25, 0.3) is 0 Å². The Hall–Kier alpha value is -1.97. The molecule has 0 aliphatic carbocycles. The molecule has 0 fully saturated rings. The Morgan fingerprint density at radius 1 is 1.14 bits per heavy atom. The zero-order chi connectivity index (χ0) is 16.1. The van der Waals surface area contributed by atoms with E-state index in [2.05, 4.69) is 6.92 Å². The van der Waals surface area contributed by atoms with E-state index in [-0.39, 0.29) is 6.10 Å². The van der Waals surface area contributed by atoms with Gasteiger partial charge in [-0.05, 0) is 55.2 Å². The molecule has 1 aliphatic rings. The predicted molar refractivity (Wildman–Crippen MR) is 79.8 cm³/mol. The zero-order valence-corrected chi connectivity index (χ0v) is 12.4. The average molecular weight is 305 g/mol. The highest BCUT2D eigenvalue weighted by atomic mass is 19.4. The van der Waals surface area contributed by atoms with Crippen molar-refractivity contribution in [3.63, 3.8) is 0 Å². The fraction of sp³-hybridized carbons (Fsp3) is 0.278. The largest absolute Gasteiger partial charge is 0.489 e. The Morgan fingerprint density at radius 3 is 2.36 bits per heavy atom.